The van der Waals surface area contributed by atoms with Crippen molar-refractivity contribution in [1.29, 1.82) is 0 Å². The number of guanidine groups is 1. The van der Waals surface area contributed by atoms with Gasteiger partial charge in [-0.15, -0.1) is 34.2 Å². The van der Waals surface area contributed by atoms with Gasteiger partial charge in [-0.05, 0) is 32.4 Å². The summed E-state index contributed by atoms with van der Waals surface area (Å²) >= 11 is 1.66. The van der Waals surface area contributed by atoms with Crippen LogP contribution in [0.2, 0.25) is 0 Å². The first-order chi connectivity index (χ1) is 14.0. The second-order valence-electron chi connectivity index (χ2n) is 7.85. The quantitative estimate of drug-likeness (QED) is 0.143. The van der Waals surface area contributed by atoms with E-state index in [2.05, 4.69) is 64.2 Å². The Kier molecular flexibility index (Phi) is 14.0. The Balaban J connectivity index is 0.00000450. The van der Waals surface area contributed by atoms with E-state index in [0.717, 1.165) is 82.3 Å². The molecular weight excluding hydrogens is 513 g/mol. The van der Waals surface area contributed by atoms with Gasteiger partial charge < -0.3 is 19.9 Å². The SMILES string of the molecule is CCNC(=NCC(C)N1CCOCC1)NCCCc1nnc(SC)n1CC(C)C.I. The standard InChI is InChI=1S/C20H39N7OS.HI/c1-6-21-19(23-14-17(4)26-10-12-28-13-11-26)22-9-7-8-18-24-25-20(29-5)27(18)15-16(2)3;/h16-17H,6-15H2,1-5H3,(H2,21,22,23);1H. The lowest BCUT2D eigenvalue weighted by Crippen LogP contribution is -2.44. The minimum absolute atomic E-state index is 0. The number of thioether (sulfide) groups is 1. The summed E-state index contributed by atoms with van der Waals surface area (Å²) in [4.78, 5) is 7.23. The van der Waals surface area contributed by atoms with Crippen molar-refractivity contribution in [2.24, 2.45) is 10.9 Å². The van der Waals surface area contributed by atoms with Crippen molar-refractivity contribution in [1.82, 2.24) is 30.3 Å². The van der Waals surface area contributed by atoms with Gasteiger partial charge in [0, 0.05) is 45.2 Å². The lowest BCUT2D eigenvalue weighted by molar-refractivity contribution is 0.0220. The van der Waals surface area contributed by atoms with Crippen molar-refractivity contribution in [3.63, 3.8) is 0 Å². The molecule has 0 bridgehead atoms. The van der Waals surface area contributed by atoms with Gasteiger partial charge in [0.1, 0.15) is 5.82 Å². The van der Waals surface area contributed by atoms with Crippen LogP contribution in [0.15, 0.2) is 10.1 Å². The molecule has 1 aromatic heterocycles. The molecule has 2 N–H and O–H groups in total. The number of rotatable bonds is 11. The zero-order valence-electron chi connectivity index (χ0n) is 19.2. The van der Waals surface area contributed by atoms with Gasteiger partial charge in [0.2, 0.25) is 0 Å². The van der Waals surface area contributed by atoms with E-state index in [9.17, 15) is 0 Å². The first kappa shape index (κ1) is 27.4. The van der Waals surface area contributed by atoms with Crippen LogP contribution in [0.25, 0.3) is 0 Å². The van der Waals surface area contributed by atoms with Gasteiger partial charge in [-0.25, -0.2) is 0 Å². The molecule has 174 valence electrons. The average molecular weight is 554 g/mol. The lowest BCUT2D eigenvalue weighted by atomic mass is 10.2. The van der Waals surface area contributed by atoms with Gasteiger partial charge in [-0.3, -0.25) is 9.89 Å². The smallest absolute Gasteiger partial charge is 0.191 e. The number of aromatic nitrogens is 3. The maximum absolute atomic E-state index is 5.44. The molecule has 0 spiro atoms. The summed E-state index contributed by atoms with van der Waals surface area (Å²) in [5, 5.41) is 16.6. The molecule has 1 saturated heterocycles. The van der Waals surface area contributed by atoms with Crippen LogP contribution < -0.4 is 10.6 Å². The predicted octanol–water partition coefficient (Wildman–Crippen LogP) is 2.48. The third-order valence-electron chi connectivity index (χ3n) is 4.92. The number of hydrogen-bond donors (Lipinski definition) is 2. The van der Waals surface area contributed by atoms with Crippen LogP contribution in [0.4, 0.5) is 0 Å². The van der Waals surface area contributed by atoms with Gasteiger partial charge >= 0.3 is 0 Å². The van der Waals surface area contributed by atoms with Gasteiger partial charge in [-0.2, -0.15) is 0 Å². The predicted molar refractivity (Wildman–Crippen MR) is 136 cm³/mol. The number of ether oxygens (including phenoxy) is 1. The zero-order valence-corrected chi connectivity index (χ0v) is 22.3. The second kappa shape index (κ2) is 15.3. The maximum Gasteiger partial charge on any atom is 0.191 e. The van der Waals surface area contributed by atoms with Gasteiger partial charge in [0.25, 0.3) is 0 Å². The Morgan fingerprint density at radius 1 is 1.20 bits per heavy atom. The number of halogens is 1. The van der Waals surface area contributed by atoms with Gasteiger partial charge in [-0.1, -0.05) is 25.6 Å². The molecule has 1 aliphatic heterocycles. The molecule has 8 nitrogen and oxygen atoms in total. The van der Waals surface area contributed by atoms with Crippen LogP contribution in [0, 0.1) is 5.92 Å². The molecule has 0 aliphatic carbocycles. The van der Waals surface area contributed by atoms with Crippen molar-refractivity contribution in [2.45, 2.75) is 58.3 Å². The largest absolute Gasteiger partial charge is 0.379 e. The summed E-state index contributed by atoms with van der Waals surface area (Å²) in [5.41, 5.74) is 0. The van der Waals surface area contributed by atoms with Crippen LogP contribution in [0.3, 0.4) is 0 Å². The third-order valence-corrected chi connectivity index (χ3v) is 5.59. The van der Waals surface area contributed by atoms with E-state index in [0.29, 0.717) is 12.0 Å². The number of hydrogen-bond acceptors (Lipinski definition) is 6. The Bertz CT molecular complexity index is 620. The molecule has 30 heavy (non-hydrogen) atoms. The Morgan fingerprint density at radius 2 is 1.93 bits per heavy atom. The fourth-order valence-electron chi connectivity index (χ4n) is 3.36. The van der Waals surface area contributed by atoms with Gasteiger partial charge in [0.15, 0.2) is 11.1 Å². The van der Waals surface area contributed by atoms with Crippen molar-refractivity contribution < 1.29 is 4.74 Å². The molecule has 0 amide bonds. The number of aryl methyl sites for hydroxylation is 1. The summed E-state index contributed by atoms with van der Waals surface area (Å²) in [6.07, 6.45) is 3.97. The van der Waals surface area contributed by atoms with E-state index in [-0.39, 0.29) is 24.0 Å². The molecule has 0 saturated carbocycles. The van der Waals surface area contributed by atoms with Crippen LogP contribution in [-0.4, -0.2) is 83.9 Å². The summed E-state index contributed by atoms with van der Waals surface area (Å²) < 4.78 is 7.70. The minimum atomic E-state index is 0. The number of nitrogens with one attached hydrogen (secondary N) is 2. The fourth-order valence-corrected chi connectivity index (χ4v) is 3.88. The number of aliphatic imine (C=N–C) groups is 1. The Hall–Kier alpha value is -0.590. The van der Waals surface area contributed by atoms with E-state index in [1.54, 1.807) is 11.8 Å². The molecule has 1 fully saturated rings. The number of morpholine rings is 1. The lowest BCUT2D eigenvalue weighted by Gasteiger charge is -2.31. The first-order valence-corrected chi connectivity index (χ1v) is 12.1. The molecule has 10 heteroatoms. The summed E-state index contributed by atoms with van der Waals surface area (Å²) in [5.74, 6) is 2.54. The topological polar surface area (TPSA) is 79.6 Å². The summed E-state index contributed by atoms with van der Waals surface area (Å²) in [6.45, 7) is 15.9. The van der Waals surface area contributed by atoms with E-state index in [1.807, 2.05) is 0 Å². The van der Waals surface area contributed by atoms with E-state index in [4.69, 9.17) is 9.73 Å². The number of nitrogens with zero attached hydrogens (tertiary/aromatic N) is 5. The highest BCUT2D eigenvalue weighted by Crippen LogP contribution is 2.16. The molecule has 1 aliphatic rings. The molecule has 2 rings (SSSR count). The van der Waals surface area contributed by atoms with E-state index >= 15 is 0 Å². The molecule has 2 heterocycles. The molecule has 0 radical (unpaired) electrons. The van der Waals surface area contributed by atoms with Crippen LogP contribution in [0.1, 0.15) is 39.9 Å². The summed E-state index contributed by atoms with van der Waals surface area (Å²) in [6, 6.07) is 0.425. The minimum Gasteiger partial charge on any atom is -0.379 e. The highest BCUT2D eigenvalue weighted by atomic mass is 127. The normalized spacial score (nSPS) is 16.4. The molecule has 1 unspecified atom stereocenters. The van der Waals surface area contributed by atoms with E-state index < -0.39 is 0 Å². The van der Waals surface area contributed by atoms with Crippen molar-refractivity contribution >= 4 is 41.7 Å². The van der Waals surface area contributed by atoms with Crippen molar-refractivity contribution in [3.05, 3.63) is 5.82 Å². The monoisotopic (exact) mass is 553 g/mol. The van der Waals surface area contributed by atoms with Crippen molar-refractivity contribution in [2.75, 3.05) is 52.2 Å². The first-order valence-electron chi connectivity index (χ1n) is 10.8. The fraction of sp³-hybridized carbons (Fsp3) is 0.850. The van der Waals surface area contributed by atoms with Crippen LogP contribution in [-0.2, 0) is 17.7 Å². The van der Waals surface area contributed by atoms with E-state index in [1.165, 1.54) is 0 Å². The average Bonchev–Trinajstić information content (AvgIpc) is 3.10. The third kappa shape index (κ3) is 9.27. The van der Waals surface area contributed by atoms with Gasteiger partial charge in [0.05, 0.1) is 19.8 Å². The highest BCUT2D eigenvalue weighted by molar-refractivity contribution is 14.0. The summed E-state index contributed by atoms with van der Waals surface area (Å²) in [7, 11) is 0. The molecular formula is C20H40IN7OS. The molecule has 0 aromatic carbocycles. The maximum atomic E-state index is 5.44. The second-order valence-corrected chi connectivity index (χ2v) is 8.63. The van der Waals surface area contributed by atoms with Crippen LogP contribution >= 0.6 is 35.7 Å². The van der Waals surface area contributed by atoms with Crippen molar-refractivity contribution in [3.8, 4) is 0 Å². The highest BCUT2D eigenvalue weighted by Gasteiger charge is 2.16. The Morgan fingerprint density at radius 3 is 2.57 bits per heavy atom. The molecule has 1 atom stereocenters. The Labute approximate surface area is 203 Å². The van der Waals surface area contributed by atoms with Crippen LogP contribution in [0.5, 0.6) is 0 Å². The molecule has 1 aromatic rings. The zero-order chi connectivity index (χ0) is 21.1.